The van der Waals surface area contributed by atoms with E-state index < -0.39 is 20.5 Å². The first-order valence-electron chi connectivity index (χ1n) is 13.2. The molecule has 0 saturated carbocycles. The van der Waals surface area contributed by atoms with Crippen LogP contribution in [0.5, 0.6) is 0 Å². The molecule has 8 rings (SSSR count). The summed E-state index contributed by atoms with van der Waals surface area (Å²) in [5, 5.41) is 0. The molecule has 2 bridgehead atoms. The van der Waals surface area contributed by atoms with Gasteiger partial charge >= 0.3 is 0 Å². The fourth-order valence-electron chi connectivity index (χ4n) is 7.16. The molecule has 3 aromatic rings. The van der Waals surface area contributed by atoms with Crippen molar-refractivity contribution >= 4 is 55.3 Å². The van der Waals surface area contributed by atoms with Crippen molar-refractivity contribution in [1.82, 2.24) is 4.90 Å². The van der Waals surface area contributed by atoms with E-state index in [1.165, 1.54) is 4.90 Å². The van der Waals surface area contributed by atoms with Crippen LogP contribution in [0.2, 0.25) is 0 Å². The van der Waals surface area contributed by atoms with Crippen LogP contribution < -0.4 is 4.90 Å². The number of rotatable bonds is 2. The Morgan fingerprint density at radius 2 is 1.16 bits per heavy atom. The number of anilines is 1. The lowest BCUT2D eigenvalue weighted by Gasteiger charge is -2.55. The number of carbonyl (C=O) groups excluding carboxylic acids is 3. The van der Waals surface area contributed by atoms with Crippen LogP contribution in [0.3, 0.4) is 0 Å². The maximum atomic E-state index is 14.3. The summed E-state index contributed by atoms with van der Waals surface area (Å²) in [5.41, 5.74) is 4.98. The molecule has 2 saturated heterocycles. The zero-order valence-corrected chi connectivity index (χ0v) is 23.9. The molecule has 0 aromatic heterocycles. The molecule has 3 amide bonds. The predicted octanol–water partition coefficient (Wildman–Crippen LogP) is 6.11. The van der Waals surface area contributed by atoms with E-state index >= 15 is 0 Å². The highest BCUT2D eigenvalue weighted by molar-refractivity contribution is 9.10. The van der Waals surface area contributed by atoms with Crippen LogP contribution in [-0.4, -0.2) is 35.7 Å². The average molecular weight is 634 g/mol. The fourth-order valence-corrected chi connectivity index (χ4v) is 9.46. The number of imide groups is 1. The minimum atomic E-state index is -0.832. The highest BCUT2D eigenvalue weighted by atomic mass is 79.9. The lowest BCUT2D eigenvalue weighted by Crippen LogP contribution is -2.56. The van der Waals surface area contributed by atoms with E-state index in [9.17, 15) is 14.4 Å². The summed E-state index contributed by atoms with van der Waals surface area (Å²) >= 11 is 8.09. The number of hydrogen-bond donors (Lipinski definition) is 0. The van der Waals surface area contributed by atoms with E-state index in [0.717, 1.165) is 61.0 Å². The molecule has 3 aromatic carbocycles. The van der Waals surface area contributed by atoms with Crippen molar-refractivity contribution in [3.05, 3.63) is 101 Å². The number of halogens is 2. The largest absolute Gasteiger partial charge is 0.339 e. The molecule has 5 nitrogen and oxygen atoms in total. The van der Waals surface area contributed by atoms with Gasteiger partial charge in [0.2, 0.25) is 11.8 Å². The molecule has 2 heterocycles. The summed E-state index contributed by atoms with van der Waals surface area (Å²) in [7, 11) is 0. The van der Waals surface area contributed by atoms with Gasteiger partial charge in [0.15, 0.2) is 0 Å². The van der Waals surface area contributed by atoms with E-state index in [4.69, 9.17) is 0 Å². The van der Waals surface area contributed by atoms with Crippen LogP contribution in [0, 0.1) is 11.8 Å². The molecule has 2 fully saturated rings. The molecule has 3 aliphatic carbocycles. The molecule has 0 unspecified atom stereocenters. The minimum Gasteiger partial charge on any atom is -0.339 e. The molecule has 7 heteroatoms. The second-order valence-corrected chi connectivity index (χ2v) is 13.2. The van der Waals surface area contributed by atoms with Gasteiger partial charge in [0.25, 0.3) is 5.91 Å². The van der Waals surface area contributed by atoms with Gasteiger partial charge in [0.1, 0.15) is 0 Å². The van der Waals surface area contributed by atoms with Crippen LogP contribution >= 0.6 is 31.9 Å². The highest BCUT2D eigenvalue weighted by Crippen LogP contribution is 2.70. The van der Waals surface area contributed by atoms with Gasteiger partial charge in [-0.15, -0.1) is 0 Å². The maximum Gasteiger partial charge on any atom is 0.253 e. The average Bonchev–Trinajstić information content (AvgIpc) is 3.09. The molecule has 5 aliphatic rings. The smallest absolute Gasteiger partial charge is 0.253 e. The van der Waals surface area contributed by atoms with E-state index in [1.54, 1.807) is 24.3 Å². The van der Waals surface area contributed by atoms with Crippen LogP contribution in [0.15, 0.2) is 72.8 Å². The molecular formula is C31H26Br2N2O3. The Morgan fingerprint density at radius 3 is 1.63 bits per heavy atom. The van der Waals surface area contributed by atoms with Gasteiger partial charge in [-0.2, -0.15) is 0 Å². The number of amides is 3. The normalized spacial score (nSPS) is 29.5. The SMILES string of the molecule is O=C(c1cccc(N2C(=O)[C@@H]3[C@H](C2=O)C2(Br)c4ccccc4C3(Br)c3ccccc32)c1)N1CCCCCC1. The quantitative estimate of drug-likeness (QED) is 0.253. The van der Waals surface area contributed by atoms with Crippen molar-refractivity contribution in [2.45, 2.75) is 34.3 Å². The topological polar surface area (TPSA) is 57.7 Å². The molecule has 0 spiro atoms. The number of carbonyl (C=O) groups is 3. The summed E-state index contributed by atoms with van der Waals surface area (Å²) in [5.74, 6) is -1.81. The molecule has 0 radical (unpaired) electrons. The van der Waals surface area contributed by atoms with E-state index in [1.807, 2.05) is 53.4 Å². The molecule has 2 atom stereocenters. The first kappa shape index (κ1) is 24.3. The van der Waals surface area contributed by atoms with Crippen LogP contribution in [0.25, 0.3) is 0 Å². The van der Waals surface area contributed by atoms with E-state index in [0.29, 0.717) is 11.3 Å². The Labute approximate surface area is 238 Å². The number of likely N-dealkylation sites (tertiary alicyclic amines) is 1. The Bertz CT molecular complexity index is 1390. The fraction of sp³-hybridized carbons (Fsp3) is 0.323. The Hall–Kier alpha value is -2.77. The van der Waals surface area contributed by atoms with Crippen LogP contribution in [-0.2, 0) is 18.2 Å². The molecule has 38 heavy (non-hydrogen) atoms. The van der Waals surface area contributed by atoms with Gasteiger partial charge < -0.3 is 4.90 Å². The zero-order chi connectivity index (χ0) is 26.2. The lowest BCUT2D eigenvalue weighted by atomic mass is 9.54. The number of benzene rings is 3. The minimum absolute atomic E-state index is 0.0425. The lowest BCUT2D eigenvalue weighted by molar-refractivity contribution is -0.122. The summed E-state index contributed by atoms with van der Waals surface area (Å²) in [6.07, 6.45) is 4.27. The monoisotopic (exact) mass is 632 g/mol. The van der Waals surface area contributed by atoms with Crippen molar-refractivity contribution in [2.75, 3.05) is 18.0 Å². The summed E-state index contributed by atoms with van der Waals surface area (Å²) in [4.78, 5) is 45.2. The first-order valence-corrected chi connectivity index (χ1v) is 14.8. The Morgan fingerprint density at radius 1 is 0.684 bits per heavy atom. The first-order chi connectivity index (χ1) is 18.4. The number of alkyl halides is 2. The Kier molecular flexibility index (Phi) is 5.51. The van der Waals surface area contributed by atoms with Gasteiger partial charge in [-0.3, -0.25) is 14.4 Å². The number of hydrogen-bond acceptors (Lipinski definition) is 3. The maximum absolute atomic E-state index is 14.3. The van der Waals surface area contributed by atoms with Crippen LogP contribution in [0.1, 0.15) is 58.3 Å². The molecule has 0 N–H and O–H groups in total. The summed E-state index contributed by atoms with van der Waals surface area (Å²) < 4.78 is -1.66. The van der Waals surface area contributed by atoms with Gasteiger partial charge in [-0.25, -0.2) is 4.90 Å². The molecular weight excluding hydrogens is 608 g/mol. The number of nitrogens with zero attached hydrogens (tertiary/aromatic N) is 2. The van der Waals surface area contributed by atoms with Crippen LogP contribution in [0.4, 0.5) is 5.69 Å². The van der Waals surface area contributed by atoms with Crippen molar-refractivity contribution in [3.63, 3.8) is 0 Å². The van der Waals surface area contributed by atoms with Crippen molar-refractivity contribution in [1.29, 1.82) is 0 Å². The zero-order valence-electron chi connectivity index (χ0n) is 20.7. The van der Waals surface area contributed by atoms with E-state index in [-0.39, 0.29) is 17.7 Å². The third-order valence-electron chi connectivity index (χ3n) is 8.83. The molecule has 192 valence electrons. The summed E-state index contributed by atoms with van der Waals surface area (Å²) in [6.45, 7) is 1.48. The van der Waals surface area contributed by atoms with Gasteiger partial charge in [0, 0.05) is 18.7 Å². The summed E-state index contributed by atoms with van der Waals surface area (Å²) in [6, 6.07) is 23.1. The van der Waals surface area contributed by atoms with Crippen molar-refractivity contribution in [3.8, 4) is 0 Å². The predicted molar refractivity (Wildman–Crippen MR) is 153 cm³/mol. The van der Waals surface area contributed by atoms with Crippen molar-refractivity contribution < 1.29 is 14.4 Å². The second-order valence-electron chi connectivity index (χ2n) is 10.7. The van der Waals surface area contributed by atoms with Gasteiger partial charge in [-0.1, -0.05) is 99.3 Å². The third kappa shape index (κ3) is 3.06. The van der Waals surface area contributed by atoms with Gasteiger partial charge in [0.05, 0.1) is 26.2 Å². The Balaban J connectivity index is 1.34. The highest BCUT2D eigenvalue weighted by Gasteiger charge is 2.72. The second kappa shape index (κ2) is 8.62. The van der Waals surface area contributed by atoms with Gasteiger partial charge in [-0.05, 0) is 53.3 Å². The van der Waals surface area contributed by atoms with E-state index in [2.05, 4.69) is 31.9 Å². The molecule has 2 aliphatic heterocycles. The standard InChI is InChI=1S/C31H26Br2N2O3/c32-30-21-12-3-4-13-22(21)31(33,24-15-6-5-14-23(24)30)26-25(30)28(37)35(29(26)38)20-11-9-10-19(18-20)27(36)34-16-7-1-2-8-17-34/h3-6,9-15,18,25-26H,1-2,7-8,16-17H2/t25-,26+,30?,31?. The van der Waals surface area contributed by atoms with Crippen molar-refractivity contribution in [2.24, 2.45) is 11.8 Å². The third-order valence-corrected chi connectivity index (χ3v) is 11.5.